The molecule has 164 valence electrons. The first-order valence-electron chi connectivity index (χ1n) is 10.3. The lowest BCUT2D eigenvalue weighted by molar-refractivity contribution is -0.142. The van der Waals surface area contributed by atoms with Crippen LogP contribution in [0.25, 0.3) is 0 Å². The van der Waals surface area contributed by atoms with Crippen LogP contribution in [0, 0.1) is 29.3 Å². The number of benzene rings is 1. The van der Waals surface area contributed by atoms with Crippen molar-refractivity contribution in [1.29, 1.82) is 0 Å². The minimum Gasteiger partial charge on any atom is -0.342 e. The molecule has 0 atom stereocenters. The minimum atomic E-state index is -1.67. The van der Waals surface area contributed by atoms with Gasteiger partial charge in [0.2, 0.25) is 17.7 Å². The summed E-state index contributed by atoms with van der Waals surface area (Å²) in [5, 5.41) is 2.20. The molecule has 1 aromatic carbocycles. The Labute approximate surface area is 173 Å². The smallest absolute Gasteiger partial charge is 0.244 e. The number of hydrogen-bond donors (Lipinski definition) is 1. The largest absolute Gasteiger partial charge is 0.342 e. The molecule has 0 aromatic heterocycles. The number of anilines is 1. The van der Waals surface area contributed by atoms with E-state index in [4.69, 9.17) is 0 Å². The molecule has 0 bridgehead atoms. The summed E-state index contributed by atoms with van der Waals surface area (Å²) in [6.07, 6.45) is 3.58. The van der Waals surface area contributed by atoms with Gasteiger partial charge in [-0.2, -0.15) is 0 Å². The maximum Gasteiger partial charge on any atom is 0.244 e. The van der Waals surface area contributed by atoms with Gasteiger partial charge in [-0.1, -0.05) is 6.92 Å². The van der Waals surface area contributed by atoms with Gasteiger partial charge in [0.15, 0.2) is 17.5 Å². The average Bonchev–Trinajstić information content (AvgIpc) is 3.58. The highest BCUT2D eigenvalue weighted by Gasteiger charge is 2.36. The van der Waals surface area contributed by atoms with E-state index >= 15 is 0 Å². The summed E-state index contributed by atoms with van der Waals surface area (Å²) in [5.74, 6) is -5.34. The Bertz CT molecular complexity index is 821. The Balaban J connectivity index is 1.57. The molecule has 0 unspecified atom stereocenters. The van der Waals surface area contributed by atoms with Crippen LogP contribution in [0.2, 0.25) is 0 Å². The molecule has 0 radical (unpaired) electrons. The van der Waals surface area contributed by atoms with Gasteiger partial charge in [-0.15, -0.1) is 0 Å². The first-order valence-corrected chi connectivity index (χ1v) is 10.3. The van der Waals surface area contributed by atoms with Crippen LogP contribution in [0.1, 0.15) is 39.0 Å². The SMILES string of the molecule is CCCN(CC(=O)Nc1ccc(F)c(F)c1F)C(=O)C1CCN(C(=O)C2CC2)CC1. The number of nitrogens with one attached hydrogen (secondary N) is 1. The number of amides is 3. The summed E-state index contributed by atoms with van der Waals surface area (Å²) >= 11 is 0. The molecule has 9 heteroatoms. The highest BCUT2D eigenvalue weighted by molar-refractivity contribution is 5.95. The predicted molar refractivity (Wildman–Crippen MR) is 104 cm³/mol. The molecule has 1 N–H and O–H groups in total. The molecule has 3 rings (SSSR count). The van der Waals surface area contributed by atoms with Crippen LogP contribution in [0.5, 0.6) is 0 Å². The lowest BCUT2D eigenvalue weighted by Gasteiger charge is -2.34. The van der Waals surface area contributed by atoms with E-state index in [0.717, 1.165) is 25.0 Å². The standard InChI is InChI=1S/C21H26F3N3O3/c1-2-9-27(12-17(28)25-16-6-5-15(22)18(23)19(16)24)21(30)14-7-10-26(11-8-14)20(29)13-3-4-13/h5-6,13-14H,2-4,7-12H2,1H3,(H,25,28). The zero-order valence-corrected chi connectivity index (χ0v) is 16.9. The zero-order chi connectivity index (χ0) is 21.8. The van der Waals surface area contributed by atoms with Crippen molar-refractivity contribution in [1.82, 2.24) is 9.80 Å². The molecule has 3 amide bonds. The summed E-state index contributed by atoms with van der Waals surface area (Å²) in [6.45, 7) is 2.94. The molecule has 30 heavy (non-hydrogen) atoms. The lowest BCUT2D eigenvalue weighted by Crippen LogP contribution is -2.46. The highest BCUT2D eigenvalue weighted by Crippen LogP contribution is 2.32. The second-order valence-corrected chi connectivity index (χ2v) is 7.90. The van der Waals surface area contributed by atoms with E-state index < -0.39 is 29.0 Å². The average molecular weight is 425 g/mol. The van der Waals surface area contributed by atoms with Gasteiger partial charge >= 0.3 is 0 Å². The molecular formula is C21H26F3N3O3. The van der Waals surface area contributed by atoms with Crippen molar-refractivity contribution in [3.63, 3.8) is 0 Å². The number of rotatable bonds is 7. The number of carbonyl (C=O) groups is 3. The number of carbonyl (C=O) groups excluding carboxylic acids is 3. The predicted octanol–water partition coefficient (Wildman–Crippen LogP) is 2.93. The van der Waals surface area contributed by atoms with E-state index in [0.29, 0.717) is 38.9 Å². The molecule has 1 saturated heterocycles. The van der Waals surface area contributed by atoms with Gasteiger partial charge in [0.05, 0.1) is 12.2 Å². The third kappa shape index (κ3) is 5.12. The van der Waals surface area contributed by atoms with E-state index in [-0.39, 0.29) is 30.2 Å². The summed E-state index contributed by atoms with van der Waals surface area (Å²) in [6, 6.07) is 1.66. The molecule has 6 nitrogen and oxygen atoms in total. The van der Waals surface area contributed by atoms with Crippen molar-refractivity contribution in [3.05, 3.63) is 29.6 Å². The summed E-state index contributed by atoms with van der Waals surface area (Å²) < 4.78 is 40.2. The van der Waals surface area contributed by atoms with Gasteiger partial charge in [0.25, 0.3) is 0 Å². The van der Waals surface area contributed by atoms with E-state index in [2.05, 4.69) is 5.32 Å². The number of likely N-dealkylation sites (tertiary alicyclic amines) is 1. The Morgan fingerprint density at radius 1 is 1.03 bits per heavy atom. The summed E-state index contributed by atoms with van der Waals surface area (Å²) in [7, 11) is 0. The first-order chi connectivity index (χ1) is 14.3. The fourth-order valence-corrected chi connectivity index (χ4v) is 3.72. The van der Waals surface area contributed by atoms with Crippen LogP contribution in [0.4, 0.5) is 18.9 Å². The molecule has 2 fully saturated rings. The fraction of sp³-hybridized carbons (Fsp3) is 0.571. The zero-order valence-electron chi connectivity index (χ0n) is 16.9. The first kappa shape index (κ1) is 22.1. The van der Waals surface area contributed by atoms with Crippen molar-refractivity contribution < 1.29 is 27.6 Å². The van der Waals surface area contributed by atoms with E-state index in [1.165, 1.54) is 4.90 Å². The third-order valence-electron chi connectivity index (χ3n) is 5.53. The van der Waals surface area contributed by atoms with Crippen LogP contribution in [-0.4, -0.2) is 53.7 Å². The summed E-state index contributed by atoms with van der Waals surface area (Å²) in [5.41, 5.74) is -0.477. The van der Waals surface area contributed by atoms with Gasteiger partial charge in [-0.25, -0.2) is 13.2 Å². The van der Waals surface area contributed by atoms with Crippen molar-refractivity contribution in [3.8, 4) is 0 Å². The van der Waals surface area contributed by atoms with E-state index in [1.807, 2.05) is 11.8 Å². The van der Waals surface area contributed by atoms with Gasteiger partial charge in [0, 0.05) is 31.5 Å². The van der Waals surface area contributed by atoms with Crippen molar-refractivity contribution in [2.24, 2.45) is 11.8 Å². The van der Waals surface area contributed by atoms with Gasteiger partial charge in [0.1, 0.15) is 0 Å². The van der Waals surface area contributed by atoms with Crippen LogP contribution < -0.4 is 5.32 Å². The van der Waals surface area contributed by atoms with Crippen molar-refractivity contribution >= 4 is 23.4 Å². The Morgan fingerprint density at radius 3 is 2.30 bits per heavy atom. The molecule has 1 heterocycles. The number of hydrogen-bond acceptors (Lipinski definition) is 3. The number of nitrogens with zero attached hydrogens (tertiary/aromatic N) is 2. The lowest BCUT2D eigenvalue weighted by atomic mass is 9.94. The molecule has 2 aliphatic rings. The highest BCUT2D eigenvalue weighted by atomic mass is 19.2. The van der Waals surface area contributed by atoms with Crippen molar-refractivity contribution in [2.45, 2.75) is 39.0 Å². The van der Waals surface area contributed by atoms with Gasteiger partial charge in [-0.05, 0) is 44.2 Å². The number of piperidine rings is 1. The second kappa shape index (κ2) is 9.49. The minimum absolute atomic E-state index is 0.147. The van der Waals surface area contributed by atoms with Crippen LogP contribution >= 0.6 is 0 Å². The van der Waals surface area contributed by atoms with Crippen LogP contribution in [0.15, 0.2) is 12.1 Å². The Hall–Kier alpha value is -2.58. The van der Waals surface area contributed by atoms with Crippen LogP contribution in [-0.2, 0) is 14.4 Å². The van der Waals surface area contributed by atoms with Crippen LogP contribution in [0.3, 0.4) is 0 Å². The van der Waals surface area contributed by atoms with Gasteiger partial charge < -0.3 is 15.1 Å². The molecule has 0 spiro atoms. The normalized spacial score (nSPS) is 17.0. The monoisotopic (exact) mass is 425 g/mol. The maximum atomic E-state index is 13.8. The second-order valence-electron chi connectivity index (χ2n) is 7.90. The fourth-order valence-electron chi connectivity index (χ4n) is 3.72. The van der Waals surface area contributed by atoms with E-state index in [1.54, 1.807) is 0 Å². The van der Waals surface area contributed by atoms with Crippen molar-refractivity contribution in [2.75, 3.05) is 31.5 Å². The van der Waals surface area contributed by atoms with E-state index in [9.17, 15) is 27.6 Å². The maximum absolute atomic E-state index is 13.8. The Kier molecular flexibility index (Phi) is 6.99. The Morgan fingerprint density at radius 2 is 1.70 bits per heavy atom. The molecule has 1 saturated carbocycles. The molecule has 1 aromatic rings. The third-order valence-corrected chi connectivity index (χ3v) is 5.53. The molecule has 1 aliphatic heterocycles. The number of halogens is 3. The molecule has 1 aliphatic carbocycles. The molecular weight excluding hydrogens is 399 g/mol. The quantitative estimate of drug-likeness (QED) is 0.683. The van der Waals surface area contributed by atoms with Gasteiger partial charge in [-0.3, -0.25) is 14.4 Å². The summed E-state index contributed by atoms with van der Waals surface area (Å²) in [4.78, 5) is 40.6. The topological polar surface area (TPSA) is 69.7 Å².